The Labute approximate surface area is 106 Å². The number of hydrazine groups is 1. The van der Waals surface area contributed by atoms with Crippen molar-refractivity contribution in [2.45, 2.75) is 20.5 Å². The molecule has 1 amide bonds. The van der Waals surface area contributed by atoms with Crippen LogP contribution >= 0.6 is 11.6 Å². The van der Waals surface area contributed by atoms with E-state index in [9.17, 15) is 4.79 Å². The zero-order valence-corrected chi connectivity index (χ0v) is 10.8. The third-order valence-electron chi connectivity index (χ3n) is 2.39. The molecule has 1 rings (SSSR count). The van der Waals surface area contributed by atoms with Crippen LogP contribution in [0.4, 0.5) is 0 Å². The summed E-state index contributed by atoms with van der Waals surface area (Å²) in [5.74, 6) is 4.85. The van der Waals surface area contributed by atoms with Crippen LogP contribution in [-0.4, -0.2) is 12.5 Å². The normalized spacial score (nSPS) is 11.3. The number of carbonyl (C=O) groups excluding carboxylic acids is 1. The van der Waals surface area contributed by atoms with E-state index in [1.54, 1.807) is 26.0 Å². The number of carbonyl (C=O) groups is 1. The second kappa shape index (κ2) is 6.00. The minimum absolute atomic E-state index is 0.242. The molecule has 0 spiro atoms. The van der Waals surface area contributed by atoms with Gasteiger partial charge >= 0.3 is 0 Å². The van der Waals surface area contributed by atoms with E-state index in [0.717, 1.165) is 5.56 Å². The van der Waals surface area contributed by atoms with E-state index in [1.165, 1.54) is 0 Å². The Morgan fingerprint density at radius 1 is 1.41 bits per heavy atom. The van der Waals surface area contributed by atoms with E-state index in [0.29, 0.717) is 18.2 Å². The van der Waals surface area contributed by atoms with Gasteiger partial charge in [0.05, 0.1) is 18.6 Å². The zero-order valence-electron chi connectivity index (χ0n) is 10.00. The second-order valence-corrected chi connectivity index (χ2v) is 4.91. The Balaban J connectivity index is 2.42. The molecule has 0 aromatic heterocycles. The molecule has 1 aromatic rings. The fourth-order valence-corrected chi connectivity index (χ4v) is 1.39. The first kappa shape index (κ1) is 14.0. The maximum absolute atomic E-state index is 11.4. The molecule has 1 aromatic carbocycles. The number of benzene rings is 1. The molecule has 0 saturated carbocycles. The Morgan fingerprint density at radius 2 is 2.00 bits per heavy atom. The maximum Gasteiger partial charge on any atom is 0.241 e. The number of ether oxygens (including phenoxy) is 1. The molecule has 0 aliphatic rings. The lowest BCUT2D eigenvalue weighted by Gasteiger charge is -2.21. The molecule has 0 heterocycles. The van der Waals surface area contributed by atoms with Gasteiger partial charge in [-0.2, -0.15) is 0 Å². The summed E-state index contributed by atoms with van der Waals surface area (Å²) >= 11 is 5.77. The van der Waals surface area contributed by atoms with Crippen LogP contribution in [0.3, 0.4) is 0 Å². The van der Waals surface area contributed by atoms with Crippen LogP contribution in [0.5, 0.6) is 0 Å². The highest BCUT2D eigenvalue weighted by molar-refractivity contribution is 6.30. The molecular weight excluding hydrogens is 240 g/mol. The number of amides is 1. The standard InChI is InChI=1S/C12H17ClN2O2/c1-12(2,11(16)15-14)8-17-7-9-3-5-10(13)6-4-9/h3-6H,7-8,14H2,1-2H3,(H,15,16). The quantitative estimate of drug-likeness (QED) is 0.480. The number of hydrogen-bond donors (Lipinski definition) is 2. The molecule has 0 unspecified atom stereocenters. The summed E-state index contributed by atoms with van der Waals surface area (Å²) in [7, 11) is 0. The van der Waals surface area contributed by atoms with Crippen molar-refractivity contribution in [3.05, 3.63) is 34.9 Å². The molecular formula is C12H17ClN2O2. The van der Waals surface area contributed by atoms with E-state index in [-0.39, 0.29) is 5.91 Å². The summed E-state index contributed by atoms with van der Waals surface area (Å²) in [4.78, 5) is 11.4. The second-order valence-electron chi connectivity index (χ2n) is 4.48. The monoisotopic (exact) mass is 256 g/mol. The highest BCUT2D eigenvalue weighted by atomic mass is 35.5. The topological polar surface area (TPSA) is 64.3 Å². The largest absolute Gasteiger partial charge is 0.376 e. The van der Waals surface area contributed by atoms with Gasteiger partial charge in [0.25, 0.3) is 0 Å². The third-order valence-corrected chi connectivity index (χ3v) is 2.64. The molecule has 4 nitrogen and oxygen atoms in total. The maximum atomic E-state index is 11.4. The molecule has 0 aliphatic carbocycles. The molecule has 0 saturated heterocycles. The van der Waals surface area contributed by atoms with Crippen molar-refractivity contribution in [3.8, 4) is 0 Å². The van der Waals surface area contributed by atoms with E-state index in [2.05, 4.69) is 5.43 Å². The highest BCUT2D eigenvalue weighted by Crippen LogP contribution is 2.17. The number of hydrogen-bond acceptors (Lipinski definition) is 3. The average molecular weight is 257 g/mol. The number of halogens is 1. The van der Waals surface area contributed by atoms with Gasteiger partial charge in [0.2, 0.25) is 5.91 Å². The fraction of sp³-hybridized carbons (Fsp3) is 0.417. The smallest absolute Gasteiger partial charge is 0.241 e. The molecule has 94 valence electrons. The lowest BCUT2D eigenvalue weighted by Crippen LogP contribution is -2.43. The van der Waals surface area contributed by atoms with Crippen molar-refractivity contribution in [1.29, 1.82) is 0 Å². The van der Waals surface area contributed by atoms with Crippen molar-refractivity contribution in [2.24, 2.45) is 11.3 Å². The number of nitrogens with two attached hydrogens (primary N) is 1. The molecule has 0 radical (unpaired) electrons. The summed E-state index contributed by atoms with van der Waals surface area (Å²) in [6, 6.07) is 7.38. The van der Waals surface area contributed by atoms with E-state index < -0.39 is 5.41 Å². The molecule has 0 fully saturated rings. The predicted octanol–water partition coefficient (Wildman–Crippen LogP) is 1.87. The van der Waals surface area contributed by atoms with Gasteiger partial charge in [0.15, 0.2) is 0 Å². The summed E-state index contributed by atoms with van der Waals surface area (Å²) in [5.41, 5.74) is 2.50. The van der Waals surface area contributed by atoms with Gasteiger partial charge in [-0.15, -0.1) is 0 Å². The first-order chi connectivity index (χ1) is 7.95. The van der Waals surface area contributed by atoms with Crippen molar-refractivity contribution in [2.75, 3.05) is 6.61 Å². The summed E-state index contributed by atoms with van der Waals surface area (Å²) in [5, 5.41) is 0.691. The highest BCUT2D eigenvalue weighted by Gasteiger charge is 2.27. The summed E-state index contributed by atoms with van der Waals surface area (Å²) < 4.78 is 5.49. The average Bonchev–Trinajstić information content (AvgIpc) is 2.30. The van der Waals surface area contributed by atoms with Gasteiger partial charge in [0.1, 0.15) is 0 Å². The van der Waals surface area contributed by atoms with E-state index in [1.807, 2.05) is 12.1 Å². The van der Waals surface area contributed by atoms with Gasteiger partial charge in [0, 0.05) is 5.02 Å². The van der Waals surface area contributed by atoms with Crippen LogP contribution in [0.25, 0.3) is 0 Å². The molecule has 0 aliphatic heterocycles. The molecule has 0 atom stereocenters. The van der Waals surface area contributed by atoms with E-state index in [4.69, 9.17) is 22.2 Å². The first-order valence-corrected chi connectivity index (χ1v) is 5.67. The van der Waals surface area contributed by atoms with Crippen molar-refractivity contribution in [1.82, 2.24) is 5.43 Å². The lowest BCUT2D eigenvalue weighted by atomic mass is 9.94. The van der Waals surface area contributed by atoms with Gasteiger partial charge in [-0.25, -0.2) is 5.84 Å². The predicted molar refractivity (Wildman–Crippen MR) is 67.2 cm³/mol. The van der Waals surface area contributed by atoms with Crippen LogP contribution in [0, 0.1) is 5.41 Å². The van der Waals surface area contributed by atoms with Crippen LogP contribution in [0.15, 0.2) is 24.3 Å². The molecule has 5 heteroatoms. The van der Waals surface area contributed by atoms with E-state index >= 15 is 0 Å². The minimum atomic E-state index is -0.638. The minimum Gasteiger partial charge on any atom is -0.376 e. The van der Waals surface area contributed by atoms with Crippen LogP contribution in [0.1, 0.15) is 19.4 Å². The first-order valence-electron chi connectivity index (χ1n) is 5.29. The SMILES string of the molecule is CC(C)(COCc1ccc(Cl)cc1)C(=O)NN. The lowest BCUT2D eigenvalue weighted by molar-refractivity contribution is -0.132. The van der Waals surface area contributed by atoms with Crippen molar-refractivity contribution < 1.29 is 9.53 Å². The van der Waals surface area contributed by atoms with Gasteiger partial charge in [-0.1, -0.05) is 23.7 Å². The van der Waals surface area contributed by atoms with Crippen LogP contribution in [0.2, 0.25) is 5.02 Å². The summed E-state index contributed by atoms with van der Waals surface area (Å²) in [6.07, 6.45) is 0. The third kappa shape index (κ3) is 4.34. The van der Waals surface area contributed by atoms with Crippen LogP contribution < -0.4 is 11.3 Å². The van der Waals surface area contributed by atoms with Crippen molar-refractivity contribution >= 4 is 17.5 Å². The zero-order chi connectivity index (χ0) is 12.9. The number of nitrogens with one attached hydrogen (secondary N) is 1. The van der Waals surface area contributed by atoms with Crippen LogP contribution in [-0.2, 0) is 16.1 Å². The van der Waals surface area contributed by atoms with Gasteiger partial charge in [-0.3, -0.25) is 10.2 Å². The Hall–Kier alpha value is -1.10. The molecule has 3 N–H and O–H groups in total. The van der Waals surface area contributed by atoms with Gasteiger partial charge < -0.3 is 4.74 Å². The fourth-order valence-electron chi connectivity index (χ4n) is 1.27. The Kier molecular flexibility index (Phi) is 4.93. The van der Waals surface area contributed by atoms with Gasteiger partial charge in [-0.05, 0) is 31.5 Å². The Morgan fingerprint density at radius 3 is 2.53 bits per heavy atom. The number of rotatable bonds is 5. The molecule has 17 heavy (non-hydrogen) atoms. The summed E-state index contributed by atoms with van der Waals surface area (Å²) in [6.45, 7) is 4.30. The van der Waals surface area contributed by atoms with Crippen molar-refractivity contribution in [3.63, 3.8) is 0 Å². The Bertz CT molecular complexity index is 377. The molecule has 0 bridgehead atoms.